The van der Waals surface area contributed by atoms with Gasteiger partial charge < -0.3 is 4.74 Å². The van der Waals surface area contributed by atoms with Gasteiger partial charge in [0.2, 0.25) is 0 Å². The van der Waals surface area contributed by atoms with Crippen LogP contribution < -0.4 is 4.74 Å². The molecule has 0 bridgehead atoms. The van der Waals surface area contributed by atoms with E-state index in [0.717, 1.165) is 0 Å². The van der Waals surface area contributed by atoms with Gasteiger partial charge in [-0.15, -0.1) is 0 Å². The van der Waals surface area contributed by atoms with Crippen molar-refractivity contribution in [3.8, 4) is 11.8 Å². The molecule has 1 saturated carbocycles. The van der Waals surface area contributed by atoms with Crippen molar-refractivity contribution in [3.05, 3.63) is 27.7 Å². The van der Waals surface area contributed by atoms with E-state index in [-0.39, 0.29) is 12.2 Å². The second kappa shape index (κ2) is 5.60. The summed E-state index contributed by atoms with van der Waals surface area (Å²) in [5.74, 6) is 0.714. The molecule has 0 aromatic heterocycles. The van der Waals surface area contributed by atoms with Crippen LogP contribution in [-0.2, 0) is 0 Å². The number of carbonyl (C=O) groups excluding carboxylic acids is 1. The van der Waals surface area contributed by atoms with Gasteiger partial charge in [0.25, 0.3) is 0 Å². The van der Waals surface area contributed by atoms with E-state index in [1.165, 1.54) is 25.0 Å². The average Bonchev–Trinajstić information content (AvgIpc) is 3.12. The molecule has 2 rings (SSSR count). The Morgan fingerprint density at radius 3 is 2.50 bits per heavy atom. The first kappa shape index (κ1) is 13.2. The molecule has 0 heterocycles. The van der Waals surface area contributed by atoms with Crippen LogP contribution in [-0.4, -0.2) is 12.4 Å². The number of Topliss-reactive ketones (excluding diaryl/α,β-unsaturated/α-hetero) is 1. The van der Waals surface area contributed by atoms with Crippen LogP contribution >= 0.6 is 23.2 Å². The molecule has 0 saturated heterocycles. The normalized spacial score (nSPS) is 14.1. The van der Waals surface area contributed by atoms with Gasteiger partial charge in [-0.05, 0) is 30.9 Å². The number of rotatable bonds is 5. The third-order valence-electron chi connectivity index (χ3n) is 2.72. The van der Waals surface area contributed by atoms with Gasteiger partial charge >= 0.3 is 0 Å². The molecule has 1 aliphatic carbocycles. The molecule has 18 heavy (non-hydrogen) atoms. The number of nitrogens with zero attached hydrogens (tertiary/aromatic N) is 1. The molecular weight excluding hydrogens is 273 g/mol. The predicted molar refractivity (Wildman–Crippen MR) is 69.2 cm³/mol. The summed E-state index contributed by atoms with van der Waals surface area (Å²) in [6, 6.07) is 4.79. The zero-order chi connectivity index (χ0) is 13.1. The Kier molecular flexibility index (Phi) is 4.11. The molecule has 0 N–H and O–H groups in total. The van der Waals surface area contributed by atoms with Crippen molar-refractivity contribution in [1.82, 2.24) is 0 Å². The van der Waals surface area contributed by atoms with Gasteiger partial charge in [-0.1, -0.05) is 23.2 Å². The van der Waals surface area contributed by atoms with Gasteiger partial charge in [0, 0.05) is 5.56 Å². The number of benzene rings is 1. The van der Waals surface area contributed by atoms with Crippen LogP contribution in [0, 0.1) is 17.2 Å². The maximum atomic E-state index is 11.6. The number of ether oxygens (including phenoxy) is 1. The van der Waals surface area contributed by atoms with E-state index in [2.05, 4.69) is 0 Å². The monoisotopic (exact) mass is 283 g/mol. The lowest BCUT2D eigenvalue weighted by Crippen LogP contribution is -2.02. The molecule has 1 aromatic carbocycles. The van der Waals surface area contributed by atoms with E-state index >= 15 is 0 Å². The van der Waals surface area contributed by atoms with Crippen LogP contribution in [0.5, 0.6) is 5.75 Å². The number of hydrogen-bond acceptors (Lipinski definition) is 3. The van der Waals surface area contributed by atoms with Crippen LogP contribution in [0.1, 0.15) is 29.6 Å². The smallest absolute Gasteiger partial charge is 0.177 e. The third-order valence-corrected chi connectivity index (χ3v) is 3.28. The highest BCUT2D eigenvalue weighted by molar-refractivity contribution is 6.37. The molecule has 0 atom stereocenters. The Hall–Kier alpha value is -1.24. The fourth-order valence-electron chi connectivity index (χ4n) is 1.52. The Morgan fingerprint density at radius 2 is 2.00 bits per heavy atom. The zero-order valence-corrected chi connectivity index (χ0v) is 11.1. The van der Waals surface area contributed by atoms with Crippen molar-refractivity contribution >= 4 is 29.0 Å². The minimum Gasteiger partial charge on any atom is -0.490 e. The lowest BCUT2D eigenvalue weighted by Gasteiger charge is -2.10. The summed E-state index contributed by atoms with van der Waals surface area (Å²) in [4.78, 5) is 11.6. The van der Waals surface area contributed by atoms with Gasteiger partial charge in [0.05, 0.1) is 29.1 Å². The molecule has 0 amide bonds. The summed E-state index contributed by atoms with van der Waals surface area (Å²) in [6.45, 7) is 0.602. The van der Waals surface area contributed by atoms with Gasteiger partial charge in [-0.25, -0.2) is 0 Å². The van der Waals surface area contributed by atoms with Gasteiger partial charge in [-0.2, -0.15) is 5.26 Å². The Morgan fingerprint density at radius 1 is 1.39 bits per heavy atom. The van der Waals surface area contributed by atoms with Crippen LogP contribution in [0.25, 0.3) is 0 Å². The number of carbonyl (C=O) groups is 1. The molecule has 0 radical (unpaired) electrons. The topological polar surface area (TPSA) is 50.1 Å². The molecule has 1 aliphatic rings. The highest BCUT2D eigenvalue weighted by atomic mass is 35.5. The Balaban J connectivity index is 2.17. The van der Waals surface area contributed by atoms with Crippen LogP contribution in [0.3, 0.4) is 0 Å². The largest absolute Gasteiger partial charge is 0.490 e. The number of nitriles is 1. The molecule has 5 heteroatoms. The molecular formula is C13H11Cl2NO2. The lowest BCUT2D eigenvalue weighted by molar-refractivity contribution is 0.0997. The molecule has 0 aliphatic heterocycles. The molecule has 3 nitrogen and oxygen atoms in total. The SMILES string of the molecule is N#CCC(=O)c1cc(Cl)c(OCC2CC2)c(Cl)c1. The second-order valence-corrected chi connectivity index (χ2v) is 5.10. The maximum absolute atomic E-state index is 11.6. The summed E-state index contributed by atoms with van der Waals surface area (Å²) in [7, 11) is 0. The minimum absolute atomic E-state index is 0.186. The molecule has 0 spiro atoms. The zero-order valence-electron chi connectivity index (χ0n) is 9.58. The summed E-state index contributed by atoms with van der Waals surface area (Å²) in [5, 5.41) is 9.10. The lowest BCUT2D eigenvalue weighted by atomic mass is 10.1. The molecule has 0 unspecified atom stereocenters. The van der Waals surface area contributed by atoms with Crippen molar-refractivity contribution in [1.29, 1.82) is 5.26 Å². The third kappa shape index (κ3) is 3.16. The van der Waals surface area contributed by atoms with E-state index in [4.69, 9.17) is 33.2 Å². The first-order chi connectivity index (χ1) is 8.61. The van der Waals surface area contributed by atoms with Crippen LogP contribution in [0.4, 0.5) is 0 Å². The van der Waals surface area contributed by atoms with E-state index in [0.29, 0.717) is 33.9 Å². The van der Waals surface area contributed by atoms with Gasteiger partial charge in [0.15, 0.2) is 11.5 Å². The first-order valence-corrected chi connectivity index (χ1v) is 6.39. The first-order valence-electron chi connectivity index (χ1n) is 5.64. The average molecular weight is 284 g/mol. The number of ketones is 1. The minimum atomic E-state index is -0.296. The molecule has 1 aromatic rings. The van der Waals surface area contributed by atoms with E-state index in [9.17, 15) is 4.79 Å². The fraction of sp³-hybridized carbons (Fsp3) is 0.385. The summed E-state index contributed by atoms with van der Waals surface area (Å²) in [6.07, 6.45) is 2.16. The number of halogens is 2. The van der Waals surface area contributed by atoms with Crippen molar-refractivity contribution < 1.29 is 9.53 Å². The van der Waals surface area contributed by atoms with Crippen molar-refractivity contribution in [2.24, 2.45) is 5.92 Å². The molecule has 94 valence electrons. The highest BCUT2D eigenvalue weighted by Gasteiger charge is 2.23. The number of hydrogen-bond donors (Lipinski definition) is 0. The maximum Gasteiger partial charge on any atom is 0.177 e. The van der Waals surface area contributed by atoms with Crippen LogP contribution in [0.2, 0.25) is 10.0 Å². The quantitative estimate of drug-likeness (QED) is 0.771. The predicted octanol–water partition coefficient (Wildman–Crippen LogP) is 3.88. The fourth-order valence-corrected chi connectivity index (χ4v) is 2.11. The second-order valence-electron chi connectivity index (χ2n) is 4.28. The van der Waals surface area contributed by atoms with Crippen molar-refractivity contribution in [3.63, 3.8) is 0 Å². The summed E-state index contributed by atoms with van der Waals surface area (Å²) >= 11 is 12.1. The summed E-state index contributed by atoms with van der Waals surface area (Å²) in [5.41, 5.74) is 0.338. The van der Waals surface area contributed by atoms with Gasteiger partial charge in [-0.3, -0.25) is 4.79 Å². The van der Waals surface area contributed by atoms with E-state index in [1.807, 2.05) is 0 Å². The molecule has 1 fully saturated rings. The summed E-state index contributed by atoms with van der Waals surface area (Å²) < 4.78 is 5.55. The van der Waals surface area contributed by atoms with Crippen molar-refractivity contribution in [2.45, 2.75) is 19.3 Å². The van der Waals surface area contributed by atoms with Crippen LogP contribution in [0.15, 0.2) is 12.1 Å². The highest BCUT2D eigenvalue weighted by Crippen LogP contribution is 2.37. The van der Waals surface area contributed by atoms with E-state index < -0.39 is 0 Å². The standard InChI is InChI=1S/C13H11Cl2NO2/c14-10-5-9(12(17)3-4-16)6-11(15)13(10)18-7-8-1-2-8/h5-6,8H,1-3,7H2. The van der Waals surface area contributed by atoms with Crippen molar-refractivity contribution in [2.75, 3.05) is 6.61 Å². The Bertz CT molecular complexity index is 495. The van der Waals surface area contributed by atoms with E-state index in [1.54, 1.807) is 6.07 Å². The Labute approximate surface area is 115 Å². The van der Waals surface area contributed by atoms with Gasteiger partial charge in [0.1, 0.15) is 0 Å².